The summed E-state index contributed by atoms with van der Waals surface area (Å²) in [5.41, 5.74) is 0. The Kier molecular flexibility index (Phi) is 5.23. The third-order valence-electron chi connectivity index (χ3n) is 3.51. The van der Waals surface area contributed by atoms with Crippen LogP contribution in [-0.4, -0.2) is 30.1 Å². The molecule has 1 saturated carbocycles. The number of halogens is 1. The van der Waals surface area contributed by atoms with E-state index in [0.29, 0.717) is 13.1 Å². The minimum atomic E-state index is -0.763. The van der Waals surface area contributed by atoms with E-state index in [2.05, 4.69) is 6.92 Å². The molecule has 2 rings (SSSR count). The van der Waals surface area contributed by atoms with E-state index < -0.39 is 6.17 Å². The average Bonchev–Trinajstić information content (AvgIpc) is 2.28. The molecule has 16 heavy (non-hydrogen) atoms. The summed E-state index contributed by atoms with van der Waals surface area (Å²) < 4.78 is 12.6. The second-order valence-electron chi connectivity index (χ2n) is 4.80. The molecule has 1 aliphatic heterocycles. The number of alkyl halides is 1. The molecular weight excluding hydrogens is 205 g/mol. The maximum absolute atomic E-state index is 12.6. The highest BCUT2D eigenvalue weighted by Gasteiger charge is 2.35. The molecule has 0 aromatic carbocycles. The quantitative estimate of drug-likeness (QED) is 0.677. The molecular formula is C13H24FNO. The molecule has 2 aliphatic rings. The smallest absolute Gasteiger partial charge is 0.225 e. The molecule has 0 aromatic heterocycles. The van der Waals surface area contributed by atoms with Crippen molar-refractivity contribution in [1.82, 2.24) is 4.90 Å². The standard InChI is InChI=1S/C11H18FNO.C2H6/c1-8-2-4-9(5-3-8)11(14)13-6-10(12)7-13;1-2/h8-10H,2-7H2,1H3;1-2H3. The van der Waals surface area contributed by atoms with Gasteiger partial charge in [0, 0.05) is 5.92 Å². The highest BCUT2D eigenvalue weighted by Crippen LogP contribution is 2.30. The van der Waals surface area contributed by atoms with Crippen LogP contribution in [0.5, 0.6) is 0 Å². The normalized spacial score (nSPS) is 30.1. The zero-order valence-electron chi connectivity index (χ0n) is 10.7. The van der Waals surface area contributed by atoms with Crippen LogP contribution in [0.15, 0.2) is 0 Å². The SMILES string of the molecule is CC.CC1CCC(C(=O)N2CC(F)C2)CC1. The van der Waals surface area contributed by atoms with Gasteiger partial charge in [-0.15, -0.1) is 0 Å². The highest BCUT2D eigenvalue weighted by molar-refractivity contribution is 5.79. The molecule has 0 unspecified atom stereocenters. The van der Waals surface area contributed by atoms with Gasteiger partial charge in [-0.3, -0.25) is 4.79 Å². The molecule has 0 aromatic rings. The summed E-state index contributed by atoms with van der Waals surface area (Å²) in [5.74, 6) is 1.16. The van der Waals surface area contributed by atoms with Gasteiger partial charge < -0.3 is 4.90 Å². The van der Waals surface area contributed by atoms with Crippen molar-refractivity contribution in [2.24, 2.45) is 11.8 Å². The van der Waals surface area contributed by atoms with Crippen molar-refractivity contribution in [2.75, 3.05) is 13.1 Å². The lowest BCUT2D eigenvalue weighted by molar-refractivity contribution is -0.144. The summed E-state index contributed by atoms with van der Waals surface area (Å²) >= 11 is 0. The number of likely N-dealkylation sites (tertiary alicyclic amines) is 1. The zero-order valence-corrected chi connectivity index (χ0v) is 10.7. The fourth-order valence-corrected chi connectivity index (χ4v) is 2.37. The van der Waals surface area contributed by atoms with E-state index >= 15 is 0 Å². The summed E-state index contributed by atoms with van der Waals surface area (Å²) in [7, 11) is 0. The molecule has 0 spiro atoms. The number of hydrogen-bond acceptors (Lipinski definition) is 1. The van der Waals surface area contributed by atoms with Crippen molar-refractivity contribution >= 4 is 5.91 Å². The summed E-state index contributed by atoms with van der Waals surface area (Å²) in [4.78, 5) is 13.5. The van der Waals surface area contributed by atoms with Crippen LogP contribution in [0.25, 0.3) is 0 Å². The lowest BCUT2D eigenvalue weighted by Gasteiger charge is -2.38. The van der Waals surface area contributed by atoms with Gasteiger partial charge >= 0.3 is 0 Å². The first kappa shape index (κ1) is 13.5. The second kappa shape index (κ2) is 6.21. The van der Waals surface area contributed by atoms with Gasteiger partial charge in [-0.05, 0) is 31.6 Å². The Balaban J connectivity index is 0.000000606. The van der Waals surface area contributed by atoms with Gasteiger partial charge in [-0.1, -0.05) is 20.8 Å². The number of carbonyl (C=O) groups excluding carboxylic acids is 1. The summed E-state index contributed by atoms with van der Waals surface area (Å²) in [6.07, 6.45) is 3.56. The highest BCUT2D eigenvalue weighted by atomic mass is 19.1. The van der Waals surface area contributed by atoms with E-state index in [4.69, 9.17) is 0 Å². The number of rotatable bonds is 1. The molecule has 1 saturated heterocycles. The Morgan fingerprint density at radius 2 is 1.62 bits per heavy atom. The first-order chi connectivity index (χ1) is 7.66. The lowest BCUT2D eigenvalue weighted by Crippen LogP contribution is -2.53. The predicted octanol–water partition coefficient (Wildman–Crippen LogP) is 3.02. The number of amides is 1. The van der Waals surface area contributed by atoms with Gasteiger partial charge in [-0.25, -0.2) is 4.39 Å². The Hall–Kier alpha value is -0.600. The lowest BCUT2D eigenvalue weighted by atomic mass is 9.82. The molecule has 0 N–H and O–H groups in total. The number of carbonyl (C=O) groups is 1. The van der Waals surface area contributed by atoms with Gasteiger partial charge in [-0.2, -0.15) is 0 Å². The van der Waals surface area contributed by atoms with Gasteiger partial charge in [0.05, 0.1) is 13.1 Å². The molecule has 1 amide bonds. The van der Waals surface area contributed by atoms with Crippen molar-refractivity contribution < 1.29 is 9.18 Å². The first-order valence-corrected chi connectivity index (χ1v) is 6.59. The van der Waals surface area contributed by atoms with Crippen molar-refractivity contribution in [3.63, 3.8) is 0 Å². The van der Waals surface area contributed by atoms with Crippen molar-refractivity contribution in [2.45, 2.75) is 52.6 Å². The number of hydrogen-bond donors (Lipinski definition) is 0. The second-order valence-corrected chi connectivity index (χ2v) is 4.80. The van der Waals surface area contributed by atoms with E-state index in [-0.39, 0.29) is 11.8 Å². The molecule has 0 radical (unpaired) electrons. The first-order valence-electron chi connectivity index (χ1n) is 6.59. The molecule has 94 valence electrons. The van der Waals surface area contributed by atoms with Gasteiger partial charge in [0.2, 0.25) is 5.91 Å². The van der Waals surface area contributed by atoms with E-state index in [1.165, 1.54) is 0 Å². The van der Waals surface area contributed by atoms with E-state index in [1.54, 1.807) is 4.90 Å². The molecule has 3 heteroatoms. The van der Waals surface area contributed by atoms with Crippen LogP contribution in [-0.2, 0) is 4.79 Å². The van der Waals surface area contributed by atoms with E-state index in [0.717, 1.165) is 31.6 Å². The molecule has 2 nitrogen and oxygen atoms in total. The summed E-state index contributed by atoms with van der Waals surface area (Å²) in [5, 5.41) is 0. The van der Waals surface area contributed by atoms with Crippen molar-refractivity contribution in [3.05, 3.63) is 0 Å². The minimum Gasteiger partial charge on any atom is -0.336 e. The summed E-state index contributed by atoms with van der Waals surface area (Å²) in [6.45, 7) is 6.91. The fraction of sp³-hybridized carbons (Fsp3) is 0.923. The van der Waals surface area contributed by atoms with Crippen LogP contribution < -0.4 is 0 Å². The molecule has 1 aliphatic carbocycles. The Labute approximate surface area is 98.2 Å². The third kappa shape index (κ3) is 3.19. The largest absolute Gasteiger partial charge is 0.336 e. The maximum atomic E-state index is 12.6. The fourth-order valence-electron chi connectivity index (χ4n) is 2.37. The topological polar surface area (TPSA) is 20.3 Å². The van der Waals surface area contributed by atoms with Crippen LogP contribution >= 0.6 is 0 Å². The molecule has 0 bridgehead atoms. The minimum absolute atomic E-state index is 0.193. The van der Waals surface area contributed by atoms with Gasteiger partial charge in [0.25, 0.3) is 0 Å². The Bertz CT molecular complexity index is 218. The predicted molar refractivity (Wildman–Crippen MR) is 63.9 cm³/mol. The van der Waals surface area contributed by atoms with Crippen molar-refractivity contribution in [3.8, 4) is 0 Å². The van der Waals surface area contributed by atoms with Crippen LogP contribution in [0.1, 0.15) is 46.5 Å². The monoisotopic (exact) mass is 229 g/mol. The Morgan fingerprint density at radius 3 is 2.06 bits per heavy atom. The molecule has 2 fully saturated rings. The van der Waals surface area contributed by atoms with Crippen LogP contribution in [0.2, 0.25) is 0 Å². The van der Waals surface area contributed by atoms with E-state index in [1.807, 2.05) is 13.8 Å². The van der Waals surface area contributed by atoms with Gasteiger partial charge in [0.15, 0.2) is 0 Å². The van der Waals surface area contributed by atoms with Crippen LogP contribution in [0.4, 0.5) is 4.39 Å². The molecule has 1 heterocycles. The third-order valence-corrected chi connectivity index (χ3v) is 3.51. The van der Waals surface area contributed by atoms with Gasteiger partial charge in [0.1, 0.15) is 6.17 Å². The maximum Gasteiger partial charge on any atom is 0.225 e. The number of nitrogens with zero attached hydrogens (tertiary/aromatic N) is 1. The molecule has 0 atom stereocenters. The van der Waals surface area contributed by atoms with Crippen LogP contribution in [0, 0.1) is 11.8 Å². The van der Waals surface area contributed by atoms with E-state index in [9.17, 15) is 9.18 Å². The average molecular weight is 229 g/mol. The zero-order chi connectivity index (χ0) is 12.1. The Morgan fingerprint density at radius 1 is 1.12 bits per heavy atom. The van der Waals surface area contributed by atoms with Crippen molar-refractivity contribution in [1.29, 1.82) is 0 Å². The summed E-state index contributed by atoms with van der Waals surface area (Å²) in [6, 6.07) is 0. The van der Waals surface area contributed by atoms with Crippen LogP contribution in [0.3, 0.4) is 0 Å².